The lowest BCUT2D eigenvalue weighted by atomic mass is 9.94. The molecule has 1 saturated heterocycles. The maximum Gasteiger partial charge on any atom is 0.179 e. The zero-order valence-electron chi connectivity index (χ0n) is 13.5. The Bertz CT molecular complexity index is 623. The van der Waals surface area contributed by atoms with Crippen molar-refractivity contribution in [2.24, 2.45) is 0 Å². The molecule has 1 aromatic rings. The lowest BCUT2D eigenvalue weighted by Crippen LogP contribution is -2.44. The van der Waals surface area contributed by atoms with E-state index in [2.05, 4.69) is 19.2 Å². The summed E-state index contributed by atoms with van der Waals surface area (Å²) in [5.74, 6) is 0.0572. The molecule has 1 N–H and O–H groups in total. The van der Waals surface area contributed by atoms with Crippen LogP contribution in [0.5, 0.6) is 0 Å². The third kappa shape index (κ3) is 4.22. The summed E-state index contributed by atoms with van der Waals surface area (Å²) in [5.41, 5.74) is -0.482. The quantitative estimate of drug-likeness (QED) is 0.891. The normalized spacial score (nSPS) is 23.6. The van der Waals surface area contributed by atoms with Gasteiger partial charge in [-0.1, -0.05) is 11.6 Å². The lowest BCUT2D eigenvalue weighted by molar-refractivity contribution is -0.0696. The first-order chi connectivity index (χ1) is 10.0. The second kappa shape index (κ2) is 6.11. The maximum atomic E-state index is 12.3. The van der Waals surface area contributed by atoms with Crippen molar-refractivity contribution >= 4 is 21.4 Å². The molecule has 1 fully saturated rings. The van der Waals surface area contributed by atoms with E-state index < -0.39 is 9.84 Å². The van der Waals surface area contributed by atoms with E-state index in [0.717, 1.165) is 6.42 Å². The molecule has 0 spiro atoms. The van der Waals surface area contributed by atoms with Gasteiger partial charge < -0.3 is 10.1 Å². The Kier molecular flexibility index (Phi) is 4.93. The summed E-state index contributed by atoms with van der Waals surface area (Å²) in [7, 11) is -3.30. The minimum absolute atomic E-state index is 0.0572. The highest BCUT2D eigenvalue weighted by molar-refractivity contribution is 7.91. The van der Waals surface area contributed by atoms with Gasteiger partial charge in [0, 0.05) is 17.6 Å². The number of sulfone groups is 1. The third-order valence-electron chi connectivity index (χ3n) is 4.01. The van der Waals surface area contributed by atoms with Crippen LogP contribution in [0.25, 0.3) is 0 Å². The van der Waals surface area contributed by atoms with Gasteiger partial charge >= 0.3 is 0 Å². The first-order valence-electron chi connectivity index (χ1n) is 7.44. The monoisotopic (exact) mass is 345 g/mol. The van der Waals surface area contributed by atoms with Crippen LogP contribution in [0.2, 0.25) is 5.02 Å². The molecular weight excluding hydrogens is 322 g/mol. The summed E-state index contributed by atoms with van der Waals surface area (Å²) in [4.78, 5) is 0.306. The summed E-state index contributed by atoms with van der Waals surface area (Å²) in [6.07, 6.45) is 0.862. The van der Waals surface area contributed by atoms with Crippen molar-refractivity contribution in [2.45, 2.75) is 56.3 Å². The number of rotatable bonds is 5. The van der Waals surface area contributed by atoms with E-state index >= 15 is 0 Å². The molecule has 4 nitrogen and oxygen atoms in total. The number of hydrogen-bond acceptors (Lipinski definition) is 4. The Morgan fingerprint density at radius 1 is 1.23 bits per heavy atom. The average molecular weight is 346 g/mol. The standard InChI is InChI=1S/C16H24ClNO3S/c1-15(2)11-14(16(3,4)21-15)18-9-10-22(19,20)13-7-5-12(17)6-8-13/h5-8,14,18H,9-11H2,1-4H3. The van der Waals surface area contributed by atoms with Gasteiger partial charge in [0.05, 0.1) is 21.9 Å². The van der Waals surface area contributed by atoms with Crippen LogP contribution in [0.3, 0.4) is 0 Å². The average Bonchev–Trinajstić information content (AvgIpc) is 2.57. The zero-order valence-corrected chi connectivity index (χ0v) is 15.1. The van der Waals surface area contributed by atoms with Gasteiger partial charge in [0.1, 0.15) is 0 Å². The van der Waals surface area contributed by atoms with E-state index in [1.54, 1.807) is 24.3 Å². The third-order valence-corrected chi connectivity index (χ3v) is 5.99. The molecule has 1 unspecified atom stereocenters. The Morgan fingerprint density at radius 2 is 1.82 bits per heavy atom. The van der Waals surface area contributed by atoms with Crippen LogP contribution in [0.15, 0.2) is 29.2 Å². The number of ether oxygens (including phenoxy) is 1. The van der Waals surface area contributed by atoms with Crippen LogP contribution in [-0.4, -0.2) is 38.0 Å². The van der Waals surface area contributed by atoms with Crippen LogP contribution < -0.4 is 5.32 Å². The van der Waals surface area contributed by atoms with Crippen LogP contribution in [-0.2, 0) is 14.6 Å². The van der Waals surface area contributed by atoms with Crippen LogP contribution in [0.1, 0.15) is 34.1 Å². The van der Waals surface area contributed by atoms with E-state index in [1.807, 2.05) is 13.8 Å². The number of hydrogen-bond donors (Lipinski definition) is 1. The molecule has 0 aliphatic carbocycles. The molecule has 0 radical (unpaired) electrons. The van der Waals surface area contributed by atoms with Crippen LogP contribution >= 0.6 is 11.6 Å². The first-order valence-corrected chi connectivity index (χ1v) is 9.47. The van der Waals surface area contributed by atoms with E-state index in [-0.39, 0.29) is 23.0 Å². The second-order valence-electron chi connectivity index (χ2n) is 6.95. The molecule has 1 aromatic carbocycles. The van der Waals surface area contributed by atoms with Gasteiger partial charge in [-0.25, -0.2) is 8.42 Å². The molecule has 0 saturated carbocycles. The highest BCUT2D eigenvalue weighted by atomic mass is 35.5. The fourth-order valence-corrected chi connectivity index (χ4v) is 4.31. The molecule has 22 heavy (non-hydrogen) atoms. The highest BCUT2D eigenvalue weighted by Gasteiger charge is 2.45. The molecule has 1 heterocycles. The Hall–Kier alpha value is -0.620. The maximum absolute atomic E-state index is 12.3. The van der Waals surface area contributed by atoms with Gasteiger partial charge in [0.15, 0.2) is 9.84 Å². The molecule has 0 aromatic heterocycles. The van der Waals surface area contributed by atoms with E-state index in [0.29, 0.717) is 16.5 Å². The smallest absolute Gasteiger partial charge is 0.179 e. The highest BCUT2D eigenvalue weighted by Crippen LogP contribution is 2.37. The van der Waals surface area contributed by atoms with Crippen molar-refractivity contribution in [3.05, 3.63) is 29.3 Å². The number of nitrogens with one attached hydrogen (secondary N) is 1. The van der Waals surface area contributed by atoms with Gasteiger partial charge in [-0.15, -0.1) is 0 Å². The van der Waals surface area contributed by atoms with Crippen molar-refractivity contribution < 1.29 is 13.2 Å². The Labute approximate surface area is 138 Å². The van der Waals surface area contributed by atoms with Crippen molar-refractivity contribution in [2.75, 3.05) is 12.3 Å². The fraction of sp³-hybridized carbons (Fsp3) is 0.625. The van der Waals surface area contributed by atoms with Gasteiger partial charge in [-0.05, 0) is 58.4 Å². The Morgan fingerprint density at radius 3 is 2.32 bits per heavy atom. The van der Waals surface area contributed by atoms with Crippen LogP contribution in [0, 0.1) is 0 Å². The second-order valence-corrected chi connectivity index (χ2v) is 9.49. The van der Waals surface area contributed by atoms with Gasteiger partial charge in [0.2, 0.25) is 0 Å². The Balaban J connectivity index is 1.95. The van der Waals surface area contributed by atoms with E-state index in [9.17, 15) is 8.42 Å². The molecule has 0 bridgehead atoms. The van der Waals surface area contributed by atoms with Gasteiger partial charge in [0.25, 0.3) is 0 Å². The van der Waals surface area contributed by atoms with E-state index in [1.165, 1.54) is 0 Å². The fourth-order valence-electron chi connectivity index (χ4n) is 3.01. The molecule has 1 aliphatic heterocycles. The van der Waals surface area contributed by atoms with Crippen molar-refractivity contribution in [1.29, 1.82) is 0 Å². The molecule has 2 rings (SSSR count). The molecule has 124 valence electrons. The molecule has 0 amide bonds. The summed E-state index contributed by atoms with van der Waals surface area (Å²) < 4.78 is 30.6. The predicted octanol–water partition coefficient (Wildman–Crippen LogP) is 3.05. The van der Waals surface area contributed by atoms with Gasteiger partial charge in [-0.2, -0.15) is 0 Å². The minimum Gasteiger partial charge on any atom is -0.368 e. The topological polar surface area (TPSA) is 55.4 Å². The number of benzene rings is 1. The van der Waals surface area contributed by atoms with Crippen molar-refractivity contribution in [3.8, 4) is 0 Å². The zero-order chi connectivity index (χ0) is 16.6. The van der Waals surface area contributed by atoms with Crippen molar-refractivity contribution in [1.82, 2.24) is 5.32 Å². The summed E-state index contributed by atoms with van der Waals surface area (Å²) in [6.45, 7) is 8.58. The summed E-state index contributed by atoms with van der Waals surface area (Å²) in [5, 5.41) is 3.87. The van der Waals surface area contributed by atoms with E-state index in [4.69, 9.17) is 16.3 Å². The lowest BCUT2D eigenvalue weighted by Gasteiger charge is -2.27. The van der Waals surface area contributed by atoms with Crippen LogP contribution in [0.4, 0.5) is 0 Å². The molecular formula is C16H24ClNO3S. The molecule has 1 aliphatic rings. The summed E-state index contributed by atoms with van der Waals surface area (Å²) >= 11 is 5.79. The SMILES string of the molecule is CC1(C)CC(NCCS(=O)(=O)c2ccc(Cl)cc2)C(C)(C)O1. The molecule has 1 atom stereocenters. The molecule has 6 heteroatoms. The van der Waals surface area contributed by atoms with Crippen molar-refractivity contribution in [3.63, 3.8) is 0 Å². The van der Waals surface area contributed by atoms with Gasteiger partial charge in [-0.3, -0.25) is 0 Å². The first kappa shape index (κ1) is 17.7. The summed E-state index contributed by atoms with van der Waals surface area (Å²) in [6, 6.07) is 6.42. The largest absolute Gasteiger partial charge is 0.368 e. The minimum atomic E-state index is -3.30. The predicted molar refractivity (Wildman–Crippen MR) is 89.2 cm³/mol. The number of halogens is 1.